The number of aromatic amines is 1. The fourth-order valence-electron chi connectivity index (χ4n) is 3.35. The lowest BCUT2D eigenvalue weighted by Gasteiger charge is -2.34. The van der Waals surface area contributed by atoms with E-state index >= 15 is 0 Å². The molecule has 0 unspecified atom stereocenters. The first-order valence-electron chi connectivity index (χ1n) is 10.6. The molecule has 36 heavy (non-hydrogen) atoms. The summed E-state index contributed by atoms with van der Waals surface area (Å²) in [7, 11) is 0. The van der Waals surface area contributed by atoms with Crippen molar-refractivity contribution in [3.63, 3.8) is 0 Å². The molecule has 2 aromatic heterocycles. The maximum Gasteiger partial charge on any atom is 0.423 e. The van der Waals surface area contributed by atoms with E-state index in [0.717, 1.165) is 6.20 Å². The van der Waals surface area contributed by atoms with E-state index < -0.39 is 40.8 Å². The number of anilines is 2. The van der Waals surface area contributed by atoms with Crippen molar-refractivity contribution >= 4 is 17.7 Å². The van der Waals surface area contributed by atoms with Gasteiger partial charge in [0.25, 0.3) is 5.56 Å². The Morgan fingerprint density at radius 1 is 1.08 bits per heavy atom. The first-order valence-corrected chi connectivity index (χ1v) is 10.6. The molecule has 1 saturated heterocycles. The number of alkyl halides is 6. The van der Waals surface area contributed by atoms with E-state index in [4.69, 9.17) is 0 Å². The molecule has 1 aliphatic heterocycles. The summed E-state index contributed by atoms with van der Waals surface area (Å²) >= 11 is 0. The predicted molar refractivity (Wildman–Crippen MR) is 116 cm³/mol. The molecule has 196 valence electrons. The molecule has 0 saturated carbocycles. The van der Waals surface area contributed by atoms with Crippen molar-refractivity contribution < 1.29 is 31.1 Å². The highest BCUT2D eigenvalue weighted by molar-refractivity contribution is 5.74. The van der Waals surface area contributed by atoms with Gasteiger partial charge in [-0.3, -0.25) is 4.79 Å². The van der Waals surface area contributed by atoms with E-state index in [1.54, 1.807) is 16.9 Å². The van der Waals surface area contributed by atoms with Gasteiger partial charge < -0.3 is 20.4 Å². The zero-order valence-corrected chi connectivity index (χ0v) is 18.8. The van der Waals surface area contributed by atoms with Gasteiger partial charge in [-0.15, -0.1) is 0 Å². The lowest BCUT2D eigenvalue weighted by Crippen LogP contribution is -2.52. The largest absolute Gasteiger partial charge is 0.423 e. The van der Waals surface area contributed by atoms with Crippen molar-refractivity contribution in [3.05, 3.63) is 52.2 Å². The molecule has 1 fully saturated rings. The number of piperazine rings is 1. The van der Waals surface area contributed by atoms with Gasteiger partial charge in [-0.05, 0) is 6.92 Å². The zero-order chi connectivity index (χ0) is 26.5. The predicted octanol–water partition coefficient (Wildman–Crippen LogP) is 2.49. The highest BCUT2D eigenvalue weighted by Gasteiger charge is 2.37. The van der Waals surface area contributed by atoms with Crippen LogP contribution in [0.25, 0.3) is 0 Å². The Morgan fingerprint density at radius 3 is 2.31 bits per heavy atom. The van der Waals surface area contributed by atoms with E-state index in [1.807, 2.05) is 0 Å². The number of nitrogens with zero attached hydrogens (tertiary/aromatic N) is 5. The Hall–Kier alpha value is -3.85. The van der Waals surface area contributed by atoms with Gasteiger partial charge in [-0.2, -0.15) is 31.4 Å². The van der Waals surface area contributed by atoms with E-state index in [0.29, 0.717) is 25.5 Å². The lowest BCUT2D eigenvalue weighted by molar-refractivity contribution is -0.139. The van der Waals surface area contributed by atoms with E-state index in [-0.39, 0.29) is 31.6 Å². The van der Waals surface area contributed by atoms with Gasteiger partial charge in [0.2, 0.25) is 5.95 Å². The number of nitrogens with one attached hydrogen (secondary N) is 3. The Bertz CT molecular complexity index is 1120. The standard InChI is InChI=1S/C20H22F6N8O2/c1-12(31-14-11-30-32-16(35)15(14)20(24,25)26)3-2-4-27-18(36)34-7-5-33(6-8-34)17-28-9-13(10-29-17)19(21,22)23/h2-3,9-12H,4-8H2,1H3,(H,27,36)(H2,31,32,35)/b3-2+/t12-/m0/s1. The van der Waals surface area contributed by atoms with Gasteiger partial charge in [0.15, 0.2) is 0 Å². The second-order valence-electron chi connectivity index (χ2n) is 7.78. The highest BCUT2D eigenvalue weighted by Crippen LogP contribution is 2.31. The summed E-state index contributed by atoms with van der Waals surface area (Å²) in [6.07, 6.45) is -4.05. The van der Waals surface area contributed by atoms with Crippen LogP contribution < -0.4 is 21.1 Å². The molecule has 0 bridgehead atoms. The van der Waals surface area contributed by atoms with Crippen LogP contribution in [-0.2, 0) is 12.4 Å². The van der Waals surface area contributed by atoms with Crippen LogP contribution in [0.4, 0.5) is 42.8 Å². The number of carbonyl (C=O) groups excluding carboxylic acids is 1. The molecular formula is C20H22F6N8O2. The van der Waals surface area contributed by atoms with Gasteiger partial charge in [0.05, 0.1) is 17.4 Å². The number of amides is 2. The molecule has 0 spiro atoms. The van der Waals surface area contributed by atoms with Gasteiger partial charge in [-0.25, -0.2) is 19.9 Å². The lowest BCUT2D eigenvalue weighted by atomic mass is 10.2. The average Bonchev–Trinajstić information content (AvgIpc) is 2.80. The third kappa shape index (κ3) is 6.85. The van der Waals surface area contributed by atoms with E-state index in [1.165, 1.54) is 17.1 Å². The van der Waals surface area contributed by atoms with Crippen molar-refractivity contribution in [1.29, 1.82) is 0 Å². The summed E-state index contributed by atoms with van der Waals surface area (Å²) in [6.45, 7) is 2.86. The molecule has 0 aromatic carbocycles. The van der Waals surface area contributed by atoms with Crippen molar-refractivity contribution in [1.82, 2.24) is 30.4 Å². The molecule has 0 radical (unpaired) electrons. The molecule has 16 heteroatoms. The summed E-state index contributed by atoms with van der Waals surface area (Å²) in [5, 5.41) is 10.3. The van der Waals surface area contributed by atoms with Gasteiger partial charge >= 0.3 is 18.4 Å². The second kappa shape index (κ2) is 10.8. The number of halogens is 6. The Morgan fingerprint density at radius 2 is 1.72 bits per heavy atom. The summed E-state index contributed by atoms with van der Waals surface area (Å²) in [5.41, 5.74) is -4.16. The van der Waals surface area contributed by atoms with Crippen LogP contribution in [0.1, 0.15) is 18.1 Å². The van der Waals surface area contributed by atoms with Crippen LogP contribution in [0, 0.1) is 0 Å². The molecule has 0 aliphatic carbocycles. The molecular weight excluding hydrogens is 498 g/mol. The third-order valence-electron chi connectivity index (χ3n) is 5.13. The summed E-state index contributed by atoms with van der Waals surface area (Å²) in [5.74, 6) is 0.136. The second-order valence-corrected chi connectivity index (χ2v) is 7.78. The first kappa shape index (κ1) is 26.7. The highest BCUT2D eigenvalue weighted by atomic mass is 19.4. The monoisotopic (exact) mass is 520 g/mol. The Balaban J connectivity index is 1.45. The van der Waals surface area contributed by atoms with Crippen LogP contribution in [0.2, 0.25) is 0 Å². The molecule has 1 atom stereocenters. The number of hydrogen-bond donors (Lipinski definition) is 3. The van der Waals surface area contributed by atoms with Crippen molar-refractivity contribution in [2.75, 3.05) is 42.9 Å². The van der Waals surface area contributed by atoms with Gasteiger partial charge in [0, 0.05) is 51.2 Å². The fourth-order valence-corrected chi connectivity index (χ4v) is 3.35. The zero-order valence-electron chi connectivity index (χ0n) is 18.8. The van der Waals surface area contributed by atoms with Crippen LogP contribution in [0.5, 0.6) is 0 Å². The van der Waals surface area contributed by atoms with Crippen LogP contribution in [0.15, 0.2) is 35.5 Å². The number of H-pyrrole nitrogens is 1. The number of rotatable bonds is 6. The fraction of sp³-hybridized carbons (Fsp3) is 0.450. The maximum atomic E-state index is 13.1. The molecule has 3 rings (SSSR count). The minimum atomic E-state index is -4.86. The average molecular weight is 520 g/mol. The minimum absolute atomic E-state index is 0.0901. The van der Waals surface area contributed by atoms with Crippen LogP contribution in [0.3, 0.4) is 0 Å². The number of hydrogen-bond acceptors (Lipinski definition) is 7. The maximum absolute atomic E-state index is 13.1. The molecule has 10 nitrogen and oxygen atoms in total. The van der Waals surface area contributed by atoms with E-state index in [2.05, 4.69) is 25.7 Å². The first-order chi connectivity index (χ1) is 16.9. The van der Waals surface area contributed by atoms with Gasteiger partial charge in [-0.1, -0.05) is 12.2 Å². The van der Waals surface area contributed by atoms with Crippen molar-refractivity contribution in [3.8, 4) is 0 Å². The van der Waals surface area contributed by atoms with Gasteiger partial charge in [0.1, 0.15) is 5.56 Å². The SMILES string of the molecule is C[C@@H](/C=C/CNC(=O)N1CCN(c2ncc(C(F)(F)F)cn2)CC1)Nc1cn[nH]c(=O)c1C(F)(F)F. The number of urea groups is 1. The molecule has 1 aliphatic rings. The van der Waals surface area contributed by atoms with Crippen LogP contribution >= 0.6 is 0 Å². The van der Waals surface area contributed by atoms with Crippen LogP contribution in [-0.4, -0.2) is 69.9 Å². The molecule has 2 amide bonds. The van der Waals surface area contributed by atoms with Crippen molar-refractivity contribution in [2.45, 2.75) is 25.3 Å². The summed E-state index contributed by atoms with van der Waals surface area (Å²) in [6, 6.07) is -0.995. The molecule has 3 heterocycles. The summed E-state index contributed by atoms with van der Waals surface area (Å²) < 4.78 is 77.2. The summed E-state index contributed by atoms with van der Waals surface area (Å²) in [4.78, 5) is 34.5. The van der Waals surface area contributed by atoms with E-state index in [9.17, 15) is 35.9 Å². The normalized spacial score (nSPS) is 15.8. The Labute approximate surface area is 200 Å². The Kier molecular flexibility index (Phi) is 8.04. The number of aromatic nitrogens is 4. The third-order valence-corrected chi connectivity index (χ3v) is 5.13. The number of carbonyl (C=O) groups is 1. The van der Waals surface area contributed by atoms with Crippen molar-refractivity contribution in [2.24, 2.45) is 0 Å². The minimum Gasteiger partial charge on any atom is -0.377 e. The molecule has 2 aromatic rings. The quantitative estimate of drug-likeness (QED) is 0.396. The topological polar surface area (TPSA) is 119 Å². The molecule has 3 N–H and O–H groups in total. The smallest absolute Gasteiger partial charge is 0.377 e.